The lowest BCUT2D eigenvalue weighted by molar-refractivity contribution is -0.133. The number of thiophene rings is 1. The van der Waals surface area contributed by atoms with E-state index in [0.29, 0.717) is 24.2 Å². The molecule has 3 heterocycles. The number of imidazole rings is 1. The van der Waals surface area contributed by atoms with E-state index in [2.05, 4.69) is 9.97 Å². The standard InChI is InChI=1S/C30H25FN4O3S/c1-34-17-23(33-18-34)26-16-22-28(39-26)25(10-13-32-22)38-24-9-8-19(14-21(24)31)15-27(36)30(11-12-30)29(37)35(2)20-6-4-3-5-7-20/h3-10,13-14,16-18H,11-12,15H2,1-2H3. The van der Waals surface area contributed by atoms with Crippen LogP contribution in [0.2, 0.25) is 0 Å². The topological polar surface area (TPSA) is 77.3 Å². The van der Waals surface area contributed by atoms with Gasteiger partial charge in [-0.05, 0) is 48.7 Å². The van der Waals surface area contributed by atoms with E-state index in [1.807, 2.05) is 54.2 Å². The summed E-state index contributed by atoms with van der Waals surface area (Å²) in [4.78, 5) is 37.7. The highest BCUT2D eigenvalue weighted by molar-refractivity contribution is 7.22. The highest BCUT2D eigenvalue weighted by Gasteiger charge is 2.56. The monoisotopic (exact) mass is 540 g/mol. The van der Waals surface area contributed by atoms with Crippen molar-refractivity contribution in [2.45, 2.75) is 19.3 Å². The molecule has 0 atom stereocenters. The van der Waals surface area contributed by atoms with Gasteiger partial charge in [0.15, 0.2) is 17.3 Å². The number of nitrogens with zero attached hydrogens (tertiary/aromatic N) is 4. The summed E-state index contributed by atoms with van der Waals surface area (Å²) in [7, 11) is 3.59. The molecule has 2 aromatic carbocycles. The van der Waals surface area contributed by atoms with Crippen LogP contribution in [0, 0.1) is 11.2 Å². The normalized spacial score (nSPS) is 13.8. The number of fused-ring (bicyclic) bond motifs is 1. The third-order valence-electron chi connectivity index (χ3n) is 7.06. The predicted octanol–water partition coefficient (Wildman–Crippen LogP) is 6.18. The summed E-state index contributed by atoms with van der Waals surface area (Å²) >= 11 is 1.47. The molecule has 1 saturated carbocycles. The number of ether oxygens (including phenoxy) is 1. The van der Waals surface area contributed by atoms with E-state index in [4.69, 9.17) is 4.74 Å². The van der Waals surface area contributed by atoms with Gasteiger partial charge in [-0.15, -0.1) is 11.3 Å². The van der Waals surface area contributed by atoms with Crippen LogP contribution in [-0.2, 0) is 23.1 Å². The fraction of sp³-hybridized carbons (Fsp3) is 0.200. The van der Waals surface area contributed by atoms with Gasteiger partial charge in [-0.25, -0.2) is 9.37 Å². The number of benzene rings is 2. The van der Waals surface area contributed by atoms with Gasteiger partial charge in [-0.2, -0.15) is 0 Å². The molecule has 0 spiro atoms. The minimum absolute atomic E-state index is 0.0244. The van der Waals surface area contributed by atoms with E-state index in [1.165, 1.54) is 28.4 Å². The number of amides is 1. The number of halogens is 1. The van der Waals surface area contributed by atoms with Gasteiger partial charge >= 0.3 is 0 Å². The molecule has 0 N–H and O–H groups in total. The zero-order valence-electron chi connectivity index (χ0n) is 21.4. The van der Waals surface area contributed by atoms with Gasteiger partial charge in [0.1, 0.15) is 11.2 Å². The van der Waals surface area contributed by atoms with Crippen LogP contribution >= 0.6 is 11.3 Å². The third kappa shape index (κ3) is 4.70. The molecule has 0 saturated heterocycles. The smallest absolute Gasteiger partial charge is 0.240 e. The first-order chi connectivity index (χ1) is 18.8. The van der Waals surface area contributed by atoms with Crippen LogP contribution in [0.25, 0.3) is 20.8 Å². The number of aryl methyl sites for hydroxylation is 1. The van der Waals surface area contributed by atoms with Crippen LogP contribution in [0.5, 0.6) is 11.5 Å². The fourth-order valence-corrected chi connectivity index (χ4v) is 5.73. The van der Waals surface area contributed by atoms with Crippen LogP contribution in [0.4, 0.5) is 10.1 Å². The Kier molecular flexibility index (Phi) is 6.23. The summed E-state index contributed by atoms with van der Waals surface area (Å²) < 4.78 is 23.8. The molecule has 196 valence electrons. The Balaban J connectivity index is 1.18. The van der Waals surface area contributed by atoms with Crippen LogP contribution in [0.1, 0.15) is 18.4 Å². The molecule has 7 nitrogen and oxygen atoms in total. The number of rotatable bonds is 8. The van der Waals surface area contributed by atoms with Crippen molar-refractivity contribution < 1.29 is 18.7 Å². The molecular weight excluding hydrogens is 515 g/mol. The van der Waals surface area contributed by atoms with Crippen LogP contribution in [-0.4, -0.2) is 33.3 Å². The molecule has 3 aromatic heterocycles. The molecule has 0 bridgehead atoms. The number of carbonyl (C=O) groups is 2. The highest BCUT2D eigenvalue weighted by atomic mass is 32.1. The van der Waals surface area contributed by atoms with Crippen molar-refractivity contribution >= 4 is 38.9 Å². The van der Waals surface area contributed by atoms with Gasteiger partial charge in [-0.1, -0.05) is 24.3 Å². The Labute approximate surface area is 228 Å². The summed E-state index contributed by atoms with van der Waals surface area (Å²) in [6, 6.07) is 17.4. The van der Waals surface area contributed by atoms with Gasteiger partial charge in [0.25, 0.3) is 0 Å². The second kappa shape index (κ2) is 9.74. The van der Waals surface area contributed by atoms with E-state index in [-0.39, 0.29) is 23.9 Å². The summed E-state index contributed by atoms with van der Waals surface area (Å²) in [5.41, 5.74) is 1.76. The van der Waals surface area contributed by atoms with Gasteiger partial charge in [0.2, 0.25) is 5.91 Å². The lowest BCUT2D eigenvalue weighted by Gasteiger charge is -2.23. The van der Waals surface area contributed by atoms with Crippen molar-refractivity contribution in [3.8, 4) is 22.1 Å². The van der Waals surface area contributed by atoms with E-state index in [9.17, 15) is 9.59 Å². The number of aromatic nitrogens is 3. The largest absolute Gasteiger partial charge is 0.453 e. The van der Waals surface area contributed by atoms with Crippen LogP contribution < -0.4 is 9.64 Å². The maximum Gasteiger partial charge on any atom is 0.240 e. The second-order valence-electron chi connectivity index (χ2n) is 9.81. The maximum absolute atomic E-state index is 15.1. The quantitative estimate of drug-likeness (QED) is 0.220. The molecule has 0 unspecified atom stereocenters. The van der Waals surface area contributed by atoms with Gasteiger partial charge in [0, 0.05) is 44.7 Å². The molecular formula is C30H25FN4O3S. The highest BCUT2D eigenvalue weighted by Crippen LogP contribution is 2.49. The molecule has 39 heavy (non-hydrogen) atoms. The average Bonchev–Trinajstić information content (AvgIpc) is 3.45. The number of carbonyl (C=O) groups excluding carboxylic acids is 2. The number of anilines is 1. The lowest BCUT2D eigenvalue weighted by Crippen LogP contribution is -2.39. The van der Waals surface area contributed by atoms with Crippen molar-refractivity contribution in [1.82, 2.24) is 14.5 Å². The average molecular weight is 541 g/mol. The molecule has 1 aliphatic carbocycles. The van der Waals surface area contributed by atoms with E-state index < -0.39 is 11.2 Å². The fourth-order valence-electron chi connectivity index (χ4n) is 4.70. The number of hydrogen-bond donors (Lipinski definition) is 0. The number of para-hydroxylation sites is 1. The van der Waals surface area contributed by atoms with Crippen LogP contribution in [0.3, 0.4) is 0 Å². The van der Waals surface area contributed by atoms with Gasteiger partial charge < -0.3 is 14.2 Å². The van der Waals surface area contributed by atoms with Gasteiger partial charge in [-0.3, -0.25) is 14.6 Å². The minimum Gasteiger partial charge on any atom is -0.453 e. The molecule has 1 fully saturated rings. The molecule has 1 amide bonds. The summed E-state index contributed by atoms with van der Waals surface area (Å²) in [6.45, 7) is 0. The third-order valence-corrected chi connectivity index (χ3v) is 8.22. The first-order valence-electron chi connectivity index (χ1n) is 12.5. The molecule has 0 radical (unpaired) electrons. The zero-order valence-corrected chi connectivity index (χ0v) is 22.2. The Morgan fingerprint density at radius 3 is 2.56 bits per heavy atom. The maximum atomic E-state index is 15.1. The lowest BCUT2D eigenvalue weighted by atomic mass is 9.93. The second-order valence-corrected chi connectivity index (χ2v) is 10.9. The summed E-state index contributed by atoms with van der Waals surface area (Å²) in [5.74, 6) is -0.458. The summed E-state index contributed by atoms with van der Waals surface area (Å²) in [6.07, 6.45) is 6.26. The van der Waals surface area contributed by atoms with Crippen molar-refractivity contribution in [2.24, 2.45) is 12.5 Å². The van der Waals surface area contributed by atoms with Crippen molar-refractivity contribution in [2.75, 3.05) is 11.9 Å². The molecule has 0 aliphatic heterocycles. The summed E-state index contributed by atoms with van der Waals surface area (Å²) in [5, 5.41) is 0. The predicted molar refractivity (Wildman–Crippen MR) is 149 cm³/mol. The molecule has 5 aromatic rings. The van der Waals surface area contributed by atoms with Crippen molar-refractivity contribution in [3.63, 3.8) is 0 Å². The van der Waals surface area contributed by atoms with Crippen LogP contribution in [0.15, 0.2) is 79.4 Å². The SMILES string of the molecule is CN(C(=O)C1(C(=O)Cc2ccc(Oc3ccnc4cc(-c5cn(C)cn5)sc34)c(F)c2)CC1)c1ccccc1. The first kappa shape index (κ1) is 24.9. The first-order valence-corrected chi connectivity index (χ1v) is 13.4. The van der Waals surface area contributed by atoms with Crippen molar-refractivity contribution in [1.29, 1.82) is 0 Å². The Bertz CT molecular complexity index is 1710. The van der Waals surface area contributed by atoms with Gasteiger partial charge in [0.05, 0.1) is 27.1 Å². The van der Waals surface area contributed by atoms with E-state index in [0.717, 1.165) is 26.5 Å². The minimum atomic E-state index is -1.04. The Hall–Kier alpha value is -4.37. The van der Waals surface area contributed by atoms with E-state index in [1.54, 1.807) is 31.7 Å². The number of Topliss-reactive ketones (excluding diaryl/α,β-unsaturated/α-hetero) is 1. The number of pyridine rings is 1. The Morgan fingerprint density at radius 2 is 1.87 bits per heavy atom. The molecule has 9 heteroatoms. The number of ketones is 1. The Morgan fingerprint density at radius 1 is 1.08 bits per heavy atom. The van der Waals surface area contributed by atoms with E-state index >= 15 is 4.39 Å². The zero-order chi connectivity index (χ0) is 27.1. The molecule has 6 rings (SSSR count). The molecule has 1 aliphatic rings. The number of hydrogen-bond acceptors (Lipinski definition) is 6. The van der Waals surface area contributed by atoms with Crippen molar-refractivity contribution in [3.05, 3.63) is 90.8 Å².